The van der Waals surface area contributed by atoms with Gasteiger partial charge in [0, 0.05) is 6.20 Å². The second-order valence-corrected chi connectivity index (χ2v) is 4.04. The largest absolute Gasteiger partial charge is 0.488 e. The maximum atomic E-state index is 8.86. The summed E-state index contributed by atoms with van der Waals surface area (Å²) in [6, 6.07) is 3.75. The van der Waals surface area contributed by atoms with Crippen LogP contribution >= 0.6 is 0 Å². The minimum Gasteiger partial charge on any atom is -0.488 e. The first-order valence-electron chi connectivity index (χ1n) is 5.14. The highest BCUT2D eigenvalue weighted by Gasteiger charge is 2.09. The first-order chi connectivity index (χ1) is 7.13. The Morgan fingerprint density at radius 3 is 2.80 bits per heavy atom. The Morgan fingerprint density at radius 1 is 1.47 bits per heavy atom. The predicted octanol–water partition coefficient (Wildman–Crippen LogP) is 2.77. The maximum absolute atomic E-state index is 8.86. The number of hydrogen-bond donors (Lipinski definition) is 0. The summed E-state index contributed by atoms with van der Waals surface area (Å²) in [7, 11) is 0. The first kappa shape index (κ1) is 11.5. The van der Waals surface area contributed by atoms with Gasteiger partial charge in [-0.3, -0.25) is 4.98 Å². The number of nitriles is 1. The zero-order chi connectivity index (χ0) is 11.3. The molecular formula is C12H16N2O. The number of ether oxygens (including phenoxy) is 1. The van der Waals surface area contributed by atoms with Gasteiger partial charge in [-0.1, -0.05) is 13.8 Å². The predicted molar refractivity (Wildman–Crippen MR) is 58.5 cm³/mol. The van der Waals surface area contributed by atoms with Gasteiger partial charge in [0.15, 0.2) is 5.75 Å². The van der Waals surface area contributed by atoms with Crippen LogP contribution in [0.2, 0.25) is 0 Å². The summed E-state index contributed by atoms with van der Waals surface area (Å²) in [5.41, 5.74) is 0.542. The molecule has 0 radical (unpaired) electrons. The number of nitrogens with zero attached hydrogens (tertiary/aromatic N) is 2. The van der Waals surface area contributed by atoms with Crippen LogP contribution in [0.15, 0.2) is 18.5 Å². The third kappa shape index (κ3) is 3.59. The average molecular weight is 204 g/mol. The van der Waals surface area contributed by atoms with Crippen molar-refractivity contribution in [3.8, 4) is 11.8 Å². The molecule has 0 aromatic carbocycles. The molecule has 1 aromatic heterocycles. The lowest BCUT2D eigenvalue weighted by atomic mass is 10.1. The zero-order valence-corrected chi connectivity index (χ0v) is 9.40. The molecule has 3 nitrogen and oxygen atoms in total. The van der Waals surface area contributed by atoms with E-state index in [0.29, 0.717) is 17.2 Å². The molecule has 0 saturated carbocycles. The monoisotopic (exact) mass is 204 g/mol. The van der Waals surface area contributed by atoms with Crippen molar-refractivity contribution in [2.24, 2.45) is 5.92 Å². The molecule has 0 aliphatic carbocycles. The van der Waals surface area contributed by atoms with Crippen LogP contribution in [0, 0.1) is 17.2 Å². The van der Waals surface area contributed by atoms with E-state index >= 15 is 0 Å². The molecular weight excluding hydrogens is 188 g/mol. The molecule has 1 atom stereocenters. The molecule has 0 amide bonds. The van der Waals surface area contributed by atoms with Crippen LogP contribution in [0.4, 0.5) is 0 Å². The molecule has 3 heteroatoms. The lowest BCUT2D eigenvalue weighted by molar-refractivity contribution is 0.192. The van der Waals surface area contributed by atoms with E-state index in [9.17, 15) is 0 Å². The highest BCUT2D eigenvalue weighted by atomic mass is 16.5. The fourth-order valence-corrected chi connectivity index (χ4v) is 1.49. The Bertz CT molecular complexity index is 355. The summed E-state index contributed by atoms with van der Waals surface area (Å²) in [5, 5.41) is 8.86. The van der Waals surface area contributed by atoms with E-state index in [4.69, 9.17) is 10.00 Å². The number of rotatable bonds is 4. The first-order valence-corrected chi connectivity index (χ1v) is 5.14. The summed E-state index contributed by atoms with van der Waals surface area (Å²) in [4.78, 5) is 3.95. The average Bonchev–Trinajstić information content (AvgIpc) is 2.17. The molecule has 1 unspecified atom stereocenters. The summed E-state index contributed by atoms with van der Waals surface area (Å²) in [6.07, 6.45) is 4.27. The zero-order valence-electron chi connectivity index (χ0n) is 9.40. The van der Waals surface area contributed by atoms with Crippen molar-refractivity contribution in [3.05, 3.63) is 24.0 Å². The van der Waals surface area contributed by atoms with Crippen molar-refractivity contribution < 1.29 is 4.74 Å². The van der Waals surface area contributed by atoms with Crippen molar-refractivity contribution in [1.29, 1.82) is 5.26 Å². The fourth-order valence-electron chi connectivity index (χ4n) is 1.49. The molecule has 0 saturated heterocycles. The normalized spacial score (nSPS) is 12.2. The van der Waals surface area contributed by atoms with Gasteiger partial charge in [0.2, 0.25) is 0 Å². The van der Waals surface area contributed by atoms with Gasteiger partial charge in [0.25, 0.3) is 0 Å². The van der Waals surface area contributed by atoms with Gasteiger partial charge in [-0.2, -0.15) is 5.26 Å². The van der Waals surface area contributed by atoms with Gasteiger partial charge in [-0.15, -0.1) is 0 Å². The van der Waals surface area contributed by atoms with Crippen LogP contribution in [0.5, 0.6) is 5.75 Å². The van der Waals surface area contributed by atoms with E-state index in [-0.39, 0.29) is 6.10 Å². The standard InChI is InChI=1S/C12H16N2O/c1-9(2)6-10(3)15-12-8-14-5-4-11(12)7-13/h4-5,8-10H,6H2,1-3H3. The minimum absolute atomic E-state index is 0.112. The number of pyridine rings is 1. The summed E-state index contributed by atoms with van der Waals surface area (Å²) in [6.45, 7) is 6.30. The highest BCUT2D eigenvalue weighted by Crippen LogP contribution is 2.18. The van der Waals surface area contributed by atoms with E-state index in [0.717, 1.165) is 6.42 Å². The van der Waals surface area contributed by atoms with Crippen LogP contribution in [0.1, 0.15) is 32.8 Å². The van der Waals surface area contributed by atoms with Crippen LogP contribution in [0.3, 0.4) is 0 Å². The molecule has 1 rings (SSSR count). The van der Waals surface area contributed by atoms with E-state index in [2.05, 4.69) is 24.9 Å². The van der Waals surface area contributed by atoms with E-state index in [1.807, 2.05) is 6.92 Å². The lowest BCUT2D eigenvalue weighted by Crippen LogP contribution is -2.15. The Morgan fingerprint density at radius 2 is 2.20 bits per heavy atom. The Balaban J connectivity index is 2.68. The minimum atomic E-state index is 0.112. The third-order valence-corrected chi connectivity index (χ3v) is 2.04. The summed E-state index contributed by atoms with van der Waals surface area (Å²) < 4.78 is 5.66. The quantitative estimate of drug-likeness (QED) is 0.757. The third-order valence-electron chi connectivity index (χ3n) is 2.04. The van der Waals surface area contributed by atoms with Gasteiger partial charge >= 0.3 is 0 Å². The summed E-state index contributed by atoms with van der Waals surface area (Å²) in [5.74, 6) is 1.16. The summed E-state index contributed by atoms with van der Waals surface area (Å²) >= 11 is 0. The molecule has 0 fully saturated rings. The Kier molecular flexibility index (Phi) is 4.11. The van der Waals surface area contributed by atoms with Crippen LogP contribution in [-0.2, 0) is 0 Å². The fraction of sp³-hybridized carbons (Fsp3) is 0.500. The second-order valence-electron chi connectivity index (χ2n) is 4.04. The molecule has 80 valence electrons. The molecule has 0 spiro atoms. The number of hydrogen-bond acceptors (Lipinski definition) is 3. The topological polar surface area (TPSA) is 45.9 Å². The number of aromatic nitrogens is 1. The molecule has 0 aliphatic heterocycles. The van der Waals surface area contributed by atoms with Gasteiger partial charge in [0.05, 0.1) is 17.9 Å². The second kappa shape index (κ2) is 5.35. The van der Waals surface area contributed by atoms with Crippen molar-refractivity contribution in [2.75, 3.05) is 0 Å². The molecule has 15 heavy (non-hydrogen) atoms. The molecule has 1 aromatic rings. The maximum Gasteiger partial charge on any atom is 0.155 e. The van der Waals surface area contributed by atoms with Crippen LogP contribution in [-0.4, -0.2) is 11.1 Å². The molecule has 0 bridgehead atoms. The van der Waals surface area contributed by atoms with E-state index in [1.54, 1.807) is 18.5 Å². The van der Waals surface area contributed by atoms with E-state index in [1.165, 1.54) is 0 Å². The smallest absolute Gasteiger partial charge is 0.155 e. The van der Waals surface area contributed by atoms with Crippen LogP contribution < -0.4 is 4.74 Å². The van der Waals surface area contributed by atoms with Gasteiger partial charge in [-0.25, -0.2) is 0 Å². The highest BCUT2D eigenvalue weighted by molar-refractivity contribution is 5.40. The lowest BCUT2D eigenvalue weighted by Gasteiger charge is -2.16. The van der Waals surface area contributed by atoms with Crippen molar-refractivity contribution in [1.82, 2.24) is 4.98 Å². The van der Waals surface area contributed by atoms with Crippen LogP contribution in [0.25, 0.3) is 0 Å². The Hall–Kier alpha value is -1.56. The van der Waals surface area contributed by atoms with E-state index < -0.39 is 0 Å². The van der Waals surface area contributed by atoms with Gasteiger partial charge in [-0.05, 0) is 25.3 Å². The SMILES string of the molecule is CC(C)CC(C)Oc1cnccc1C#N. The Labute approximate surface area is 90.7 Å². The van der Waals surface area contributed by atoms with Gasteiger partial charge in [0.1, 0.15) is 6.07 Å². The van der Waals surface area contributed by atoms with Crippen molar-refractivity contribution in [2.45, 2.75) is 33.3 Å². The molecule has 1 heterocycles. The van der Waals surface area contributed by atoms with Crippen molar-refractivity contribution >= 4 is 0 Å². The van der Waals surface area contributed by atoms with Gasteiger partial charge < -0.3 is 4.74 Å². The molecule has 0 aliphatic rings. The molecule has 0 N–H and O–H groups in total. The van der Waals surface area contributed by atoms with Crippen molar-refractivity contribution in [3.63, 3.8) is 0 Å².